The van der Waals surface area contributed by atoms with Gasteiger partial charge >= 0.3 is 0 Å². The number of anilines is 1. The average molecular weight is 614 g/mol. The number of hydrogen-bond donors (Lipinski definition) is 0. The van der Waals surface area contributed by atoms with Gasteiger partial charge in [0.05, 0.1) is 0 Å². The SMILES string of the molecule is CC1(C)O[C@@H]2[C@@H](O1)C(c1ccccc1)(c1ccccc1)OP(N1CCc3ccccc31)OC2(c1ccccc1)c1ccccc1. The van der Waals surface area contributed by atoms with E-state index in [1.807, 2.05) is 38.1 Å². The summed E-state index contributed by atoms with van der Waals surface area (Å²) in [5, 5.41) is 0. The minimum Gasteiger partial charge on any atom is -0.341 e. The number of ether oxygens (including phenoxy) is 2. The molecule has 2 saturated heterocycles. The van der Waals surface area contributed by atoms with Crippen molar-refractivity contribution >= 4 is 14.2 Å². The van der Waals surface area contributed by atoms with Gasteiger partial charge in [-0.3, -0.25) is 9.05 Å². The highest BCUT2D eigenvalue weighted by atomic mass is 31.2. The van der Waals surface area contributed by atoms with Gasteiger partial charge in [-0.25, -0.2) is 0 Å². The highest BCUT2D eigenvalue weighted by molar-refractivity contribution is 7.49. The monoisotopic (exact) mass is 613 g/mol. The number of rotatable bonds is 5. The van der Waals surface area contributed by atoms with E-state index in [0.717, 1.165) is 40.9 Å². The molecule has 226 valence electrons. The molecule has 6 heteroatoms. The molecule has 0 unspecified atom stereocenters. The van der Waals surface area contributed by atoms with Crippen molar-refractivity contribution in [2.75, 3.05) is 11.2 Å². The number of hydrogen-bond acceptors (Lipinski definition) is 5. The standard InChI is InChI=1S/C39H36NO4P/c1-37(2)41-35-36(42-37)39(32-22-11-5-12-23-32,33-24-13-6-14-25-33)44-45(40-28-27-29-17-15-16-26-34(29)40)43-38(35,30-18-7-3-8-19-30)31-20-9-4-10-21-31/h3-26,35-36H,27-28H2,1-2H3/t35-,36-/m1/s1. The van der Waals surface area contributed by atoms with Crippen LogP contribution < -0.4 is 4.67 Å². The first-order valence-electron chi connectivity index (χ1n) is 15.6. The van der Waals surface area contributed by atoms with Crippen LogP contribution in [0, 0.1) is 0 Å². The first-order valence-corrected chi connectivity index (χ1v) is 16.8. The summed E-state index contributed by atoms with van der Waals surface area (Å²) >= 11 is 0. The summed E-state index contributed by atoms with van der Waals surface area (Å²) in [6, 6.07) is 50.4. The van der Waals surface area contributed by atoms with Gasteiger partial charge in [-0.05, 0) is 54.2 Å². The van der Waals surface area contributed by atoms with Gasteiger partial charge in [0.1, 0.15) is 12.2 Å². The van der Waals surface area contributed by atoms with Crippen LogP contribution in [-0.2, 0) is 36.1 Å². The van der Waals surface area contributed by atoms with Crippen molar-refractivity contribution in [3.05, 3.63) is 173 Å². The number of fused-ring (bicyclic) bond motifs is 2. The first-order chi connectivity index (χ1) is 22.0. The van der Waals surface area contributed by atoms with Crippen LogP contribution in [0.2, 0.25) is 0 Å². The van der Waals surface area contributed by atoms with Crippen LogP contribution in [0.3, 0.4) is 0 Å². The van der Waals surface area contributed by atoms with Gasteiger partial charge < -0.3 is 14.1 Å². The Morgan fingerprint density at radius 2 is 0.911 bits per heavy atom. The summed E-state index contributed by atoms with van der Waals surface area (Å²) < 4.78 is 31.9. The van der Waals surface area contributed by atoms with Crippen molar-refractivity contribution < 1.29 is 18.5 Å². The van der Waals surface area contributed by atoms with Crippen LogP contribution in [0.5, 0.6) is 0 Å². The molecule has 8 rings (SSSR count). The second kappa shape index (κ2) is 11.2. The molecule has 0 aliphatic carbocycles. The smallest absolute Gasteiger partial charge is 0.292 e. The summed E-state index contributed by atoms with van der Waals surface area (Å²) in [7, 11) is -1.74. The van der Waals surface area contributed by atoms with Gasteiger partial charge in [-0.2, -0.15) is 0 Å². The molecule has 0 radical (unpaired) electrons. The van der Waals surface area contributed by atoms with Crippen molar-refractivity contribution in [3.63, 3.8) is 0 Å². The van der Waals surface area contributed by atoms with E-state index in [-0.39, 0.29) is 0 Å². The molecule has 2 atom stereocenters. The van der Waals surface area contributed by atoms with Crippen molar-refractivity contribution in [3.8, 4) is 0 Å². The summed E-state index contributed by atoms with van der Waals surface area (Å²) in [6.07, 6.45) is -0.242. The highest BCUT2D eigenvalue weighted by Crippen LogP contribution is 2.66. The molecule has 0 amide bonds. The van der Waals surface area contributed by atoms with Crippen molar-refractivity contribution in [1.82, 2.24) is 0 Å². The summed E-state index contributed by atoms with van der Waals surface area (Å²) in [4.78, 5) is 0. The second-order valence-corrected chi connectivity index (χ2v) is 13.7. The zero-order chi connectivity index (χ0) is 30.5. The molecule has 0 aromatic heterocycles. The largest absolute Gasteiger partial charge is 0.341 e. The molecule has 3 aliphatic heterocycles. The van der Waals surface area contributed by atoms with E-state index in [1.54, 1.807) is 0 Å². The van der Waals surface area contributed by atoms with Gasteiger partial charge in [0.2, 0.25) is 0 Å². The maximum absolute atomic E-state index is 7.68. The third-order valence-corrected chi connectivity index (χ3v) is 10.9. The van der Waals surface area contributed by atoms with Crippen LogP contribution in [0.4, 0.5) is 5.69 Å². The predicted octanol–water partition coefficient (Wildman–Crippen LogP) is 8.73. The van der Waals surface area contributed by atoms with Crippen molar-refractivity contribution in [2.45, 2.75) is 49.5 Å². The van der Waals surface area contributed by atoms with Gasteiger partial charge in [0.25, 0.3) is 8.53 Å². The molecule has 5 aromatic rings. The van der Waals surface area contributed by atoms with Gasteiger partial charge in [-0.15, -0.1) is 0 Å². The van der Waals surface area contributed by atoms with Crippen LogP contribution in [0.25, 0.3) is 0 Å². The molecule has 0 bridgehead atoms. The summed E-state index contributed by atoms with van der Waals surface area (Å²) in [6.45, 7) is 4.76. The summed E-state index contributed by atoms with van der Waals surface area (Å²) in [5.41, 5.74) is 4.29. The molecule has 0 saturated carbocycles. The van der Waals surface area contributed by atoms with Crippen molar-refractivity contribution in [2.24, 2.45) is 0 Å². The van der Waals surface area contributed by atoms with Crippen molar-refractivity contribution in [1.29, 1.82) is 0 Å². The average Bonchev–Trinajstić information content (AvgIpc) is 3.64. The summed E-state index contributed by atoms with van der Waals surface area (Å²) in [5.74, 6) is -0.911. The predicted molar refractivity (Wildman–Crippen MR) is 178 cm³/mol. The number of para-hydroxylation sites is 1. The molecule has 3 heterocycles. The molecule has 5 aromatic carbocycles. The fourth-order valence-electron chi connectivity index (χ4n) is 7.26. The van der Waals surface area contributed by atoms with Crippen LogP contribution in [0.15, 0.2) is 146 Å². The Labute approximate surface area is 266 Å². The minimum absolute atomic E-state index is 0.581. The fourth-order valence-corrected chi connectivity index (χ4v) is 9.25. The van der Waals surface area contributed by atoms with Gasteiger partial charge in [-0.1, -0.05) is 140 Å². The van der Waals surface area contributed by atoms with E-state index in [1.165, 1.54) is 5.56 Å². The van der Waals surface area contributed by atoms with Gasteiger partial charge in [0.15, 0.2) is 17.0 Å². The third kappa shape index (κ3) is 4.65. The minimum atomic E-state index is -1.74. The van der Waals surface area contributed by atoms with Crippen LogP contribution in [0.1, 0.15) is 41.7 Å². The van der Waals surface area contributed by atoms with E-state index in [2.05, 4.69) is 126 Å². The topological polar surface area (TPSA) is 40.2 Å². The Morgan fingerprint density at radius 1 is 0.533 bits per heavy atom. The van der Waals surface area contributed by atoms with E-state index < -0.39 is 37.7 Å². The lowest BCUT2D eigenvalue weighted by atomic mass is 9.72. The Balaban J connectivity index is 1.46. The van der Waals surface area contributed by atoms with E-state index >= 15 is 0 Å². The molecule has 2 fully saturated rings. The Hall–Kier alpha value is -3.83. The van der Waals surface area contributed by atoms with Gasteiger partial charge in [0, 0.05) is 12.2 Å². The Bertz CT molecular complexity index is 1580. The lowest BCUT2D eigenvalue weighted by Crippen LogP contribution is -2.53. The normalized spacial score (nSPS) is 23.2. The molecule has 45 heavy (non-hydrogen) atoms. The number of benzene rings is 5. The second-order valence-electron chi connectivity index (χ2n) is 12.3. The van der Waals surface area contributed by atoms with E-state index in [9.17, 15) is 0 Å². The molecular formula is C39H36NO4P. The Kier molecular flexibility index (Phi) is 7.13. The first kappa shape index (κ1) is 28.6. The number of nitrogens with zero attached hydrogens (tertiary/aromatic N) is 1. The zero-order valence-electron chi connectivity index (χ0n) is 25.5. The zero-order valence-corrected chi connectivity index (χ0v) is 26.3. The maximum atomic E-state index is 7.68. The fraction of sp³-hybridized carbons (Fsp3) is 0.231. The van der Waals surface area contributed by atoms with E-state index in [4.69, 9.17) is 18.5 Å². The Morgan fingerprint density at radius 3 is 1.33 bits per heavy atom. The lowest BCUT2D eigenvalue weighted by molar-refractivity contribution is -0.174. The molecule has 0 N–H and O–H groups in total. The molecular weight excluding hydrogens is 577 g/mol. The van der Waals surface area contributed by atoms with Crippen LogP contribution >= 0.6 is 8.53 Å². The maximum Gasteiger partial charge on any atom is 0.292 e. The highest BCUT2D eigenvalue weighted by Gasteiger charge is 2.67. The molecule has 0 spiro atoms. The van der Waals surface area contributed by atoms with Crippen LogP contribution in [-0.4, -0.2) is 24.5 Å². The third-order valence-electron chi connectivity index (χ3n) is 9.21. The lowest BCUT2D eigenvalue weighted by Gasteiger charge is -2.41. The molecule has 5 nitrogen and oxygen atoms in total. The quantitative estimate of drug-likeness (QED) is 0.186. The molecule has 3 aliphatic rings. The van der Waals surface area contributed by atoms with E-state index in [0.29, 0.717) is 0 Å².